The van der Waals surface area contributed by atoms with Crippen molar-refractivity contribution in [3.8, 4) is 0 Å². The standard InChI is InChI=1S/C17H17FN2OS/c18-15-8-6-14(7-9-15)16-20(10-11-22-16)17(21)19-12-13-4-2-1-3-5-13/h1-9,16H,10-12H2,(H,19,21). The second kappa shape index (κ2) is 6.83. The van der Waals surface area contributed by atoms with Gasteiger partial charge in [0.2, 0.25) is 0 Å². The molecular formula is C17H17FN2OS. The van der Waals surface area contributed by atoms with Crippen LogP contribution in [0, 0.1) is 5.82 Å². The van der Waals surface area contributed by atoms with E-state index in [2.05, 4.69) is 5.32 Å². The Bertz CT molecular complexity index is 633. The lowest BCUT2D eigenvalue weighted by Crippen LogP contribution is -2.39. The van der Waals surface area contributed by atoms with Crippen molar-refractivity contribution in [1.82, 2.24) is 10.2 Å². The second-order valence-electron chi connectivity index (χ2n) is 5.11. The fourth-order valence-corrected chi connectivity index (χ4v) is 3.71. The van der Waals surface area contributed by atoms with Crippen LogP contribution < -0.4 is 5.32 Å². The molecule has 1 aliphatic heterocycles. The van der Waals surface area contributed by atoms with E-state index in [1.165, 1.54) is 12.1 Å². The molecule has 0 radical (unpaired) electrons. The molecule has 114 valence electrons. The minimum atomic E-state index is -0.258. The first-order chi connectivity index (χ1) is 10.7. The van der Waals surface area contributed by atoms with Crippen molar-refractivity contribution in [3.05, 3.63) is 71.5 Å². The van der Waals surface area contributed by atoms with Gasteiger partial charge in [0, 0.05) is 18.8 Å². The SMILES string of the molecule is O=C(NCc1ccccc1)N1CCSC1c1ccc(F)cc1. The summed E-state index contributed by atoms with van der Waals surface area (Å²) in [5.41, 5.74) is 2.03. The van der Waals surface area contributed by atoms with Gasteiger partial charge in [-0.3, -0.25) is 0 Å². The predicted molar refractivity (Wildman–Crippen MR) is 87.0 cm³/mol. The highest BCUT2D eigenvalue weighted by molar-refractivity contribution is 7.99. The largest absolute Gasteiger partial charge is 0.334 e. The van der Waals surface area contributed by atoms with Gasteiger partial charge in [-0.05, 0) is 23.3 Å². The Morgan fingerprint density at radius 1 is 1.18 bits per heavy atom. The smallest absolute Gasteiger partial charge is 0.318 e. The first kappa shape index (κ1) is 14.9. The molecule has 2 aromatic carbocycles. The maximum absolute atomic E-state index is 13.0. The number of carbonyl (C=O) groups is 1. The number of hydrogen-bond acceptors (Lipinski definition) is 2. The number of carbonyl (C=O) groups excluding carboxylic acids is 1. The molecule has 1 heterocycles. The molecule has 1 fully saturated rings. The van der Waals surface area contributed by atoms with Gasteiger partial charge in [0.1, 0.15) is 11.2 Å². The van der Waals surface area contributed by atoms with Gasteiger partial charge in [0.25, 0.3) is 0 Å². The summed E-state index contributed by atoms with van der Waals surface area (Å²) < 4.78 is 13.0. The summed E-state index contributed by atoms with van der Waals surface area (Å²) in [6.07, 6.45) is 0. The molecule has 22 heavy (non-hydrogen) atoms. The summed E-state index contributed by atoms with van der Waals surface area (Å²) >= 11 is 1.70. The number of hydrogen-bond donors (Lipinski definition) is 1. The van der Waals surface area contributed by atoms with Crippen LogP contribution in [0.4, 0.5) is 9.18 Å². The maximum atomic E-state index is 13.0. The molecule has 1 saturated heterocycles. The van der Waals surface area contributed by atoms with Crippen LogP contribution in [0.15, 0.2) is 54.6 Å². The third-order valence-electron chi connectivity index (χ3n) is 3.59. The number of benzene rings is 2. The van der Waals surface area contributed by atoms with Gasteiger partial charge in [0.05, 0.1) is 0 Å². The highest BCUT2D eigenvalue weighted by atomic mass is 32.2. The van der Waals surface area contributed by atoms with E-state index in [-0.39, 0.29) is 17.2 Å². The Balaban J connectivity index is 1.65. The van der Waals surface area contributed by atoms with Crippen LogP contribution in [-0.2, 0) is 6.54 Å². The number of amides is 2. The van der Waals surface area contributed by atoms with Gasteiger partial charge in [-0.2, -0.15) is 0 Å². The lowest BCUT2D eigenvalue weighted by molar-refractivity contribution is 0.200. The van der Waals surface area contributed by atoms with E-state index in [1.54, 1.807) is 28.8 Å². The lowest BCUT2D eigenvalue weighted by Gasteiger charge is -2.24. The zero-order chi connectivity index (χ0) is 15.4. The van der Waals surface area contributed by atoms with Crippen LogP contribution in [0.1, 0.15) is 16.5 Å². The van der Waals surface area contributed by atoms with Crippen LogP contribution in [0.25, 0.3) is 0 Å². The summed E-state index contributed by atoms with van der Waals surface area (Å²) in [5.74, 6) is 0.632. The van der Waals surface area contributed by atoms with Gasteiger partial charge in [-0.1, -0.05) is 42.5 Å². The van der Waals surface area contributed by atoms with Crippen molar-refractivity contribution in [2.24, 2.45) is 0 Å². The number of thioether (sulfide) groups is 1. The van der Waals surface area contributed by atoms with Crippen LogP contribution in [-0.4, -0.2) is 23.2 Å². The first-order valence-corrected chi connectivity index (χ1v) is 8.24. The Hall–Kier alpha value is -2.01. The third kappa shape index (κ3) is 3.42. The van der Waals surface area contributed by atoms with Crippen LogP contribution >= 0.6 is 11.8 Å². The summed E-state index contributed by atoms with van der Waals surface area (Å²) in [5, 5.41) is 2.91. The van der Waals surface area contributed by atoms with Crippen LogP contribution in [0.5, 0.6) is 0 Å². The minimum Gasteiger partial charge on any atom is -0.334 e. The van der Waals surface area contributed by atoms with Crippen LogP contribution in [0.2, 0.25) is 0 Å². The summed E-state index contributed by atoms with van der Waals surface area (Å²) in [6, 6.07) is 16.1. The number of urea groups is 1. The predicted octanol–water partition coefficient (Wildman–Crippen LogP) is 3.78. The average molecular weight is 316 g/mol. The molecule has 1 unspecified atom stereocenters. The minimum absolute atomic E-state index is 0.0450. The fraction of sp³-hybridized carbons (Fsp3) is 0.235. The Kier molecular flexibility index (Phi) is 4.63. The van der Waals surface area contributed by atoms with E-state index in [4.69, 9.17) is 0 Å². The van der Waals surface area contributed by atoms with E-state index in [0.29, 0.717) is 13.1 Å². The molecule has 1 aliphatic rings. The van der Waals surface area contributed by atoms with Crippen molar-refractivity contribution in [2.45, 2.75) is 11.9 Å². The molecule has 0 aliphatic carbocycles. The molecule has 0 spiro atoms. The zero-order valence-corrected chi connectivity index (χ0v) is 12.9. The highest BCUT2D eigenvalue weighted by Gasteiger charge is 2.30. The Labute approximate surface area is 133 Å². The second-order valence-corrected chi connectivity index (χ2v) is 6.30. The van der Waals surface area contributed by atoms with E-state index in [9.17, 15) is 9.18 Å². The molecule has 3 rings (SSSR count). The molecule has 2 aromatic rings. The highest BCUT2D eigenvalue weighted by Crippen LogP contribution is 2.37. The van der Waals surface area contributed by atoms with Crippen molar-refractivity contribution in [1.29, 1.82) is 0 Å². The zero-order valence-electron chi connectivity index (χ0n) is 12.0. The number of nitrogens with zero attached hydrogens (tertiary/aromatic N) is 1. The number of nitrogens with one attached hydrogen (secondary N) is 1. The van der Waals surface area contributed by atoms with Gasteiger partial charge in [-0.25, -0.2) is 9.18 Å². The molecule has 0 aromatic heterocycles. The summed E-state index contributed by atoms with van der Waals surface area (Å²) in [7, 11) is 0. The van der Waals surface area contributed by atoms with Gasteiger partial charge in [-0.15, -0.1) is 11.8 Å². The van der Waals surface area contributed by atoms with Gasteiger partial charge in [0.15, 0.2) is 0 Å². The molecule has 5 heteroatoms. The molecule has 1 atom stereocenters. The third-order valence-corrected chi connectivity index (χ3v) is 4.85. The molecule has 1 N–H and O–H groups in total. The van der Waals surface area contributed by atoms with E-state index >= 15 is 0 Å². The van der Waals surface area contributed by atoms with Crippen molar-refractivity contribution < 1.29 is 9.18 Å². The average Bonchev–Trinajstić information content (AvgIpc) is 3.04. The van der Waals surface area contributed by atoms with E-state index in [0.717, 1.165) is 16.9 Å². The Morgan fingerprint density at radius 3 is 2.64 bits per heavy atom. The topological polar surface area (TPSA) is 32.3 Å². The van der Waals surface area contributed by atoms with Crippen LogP contribution in [0.3, 0.4) is 0 Å². The lowest BCUT2D eigenvalue weighted by atomic mass is 10.2. The summed E-state index contributed by atoms with van der Waals surface area (Å²) in [4.78, 5) is 14.2. The maximum Gasteiger partial charge on any atom is 0.318 e. The van der Waals surface area contributed by atoms with E-state index < -0.39 is 0 Å². The van der Waals surface area contributed by atoms with Gasteiger partial charge < -0.3 is 10.2 Å². The number of halogens is 1. The molecular weight excluding hydrogens is 299 g/mol. The van der Waals surface area contributed by atoms with Crippen molar-refractivity contribution in [2.75, 3.05) is 12.3 Å². The number of rotatable bonds is 3. The summed E-state index contributed by atoms with van der Waals surface area (Å²) in [6.45, 7) is 1.21. The van der Waals surface area contributed by atoms with E-state index in [1.807, 2.05) is 30.3 Å². The molecule has 0 bridgehead atoms. The van der Waals surface area contributed by atoms with Crippen molar-refractivity contribution in [3.63, 3.8) is 0 Å². The molecule has 3 nitrogen and oxygen atoms in total. The molecule has 2 amide bonds. The Morgan fingerprint density at radius 2 is 1.91 bits per heavy atom. The quantitative estimate of drug-likeness (QED) is 0.934. The fourth-order valence-electron chi connectivity index (χ4n) is 2.46. The monoisotopic (exact) mass is 316 g/mol. The molecule has 0 saturated carbocycles. The first-order valence-electron chi connectivity index (χ1n) is 7.19. The van der Waals surface area contributed by atoms with Gasteiger partial charge >= 0.3 is 6.03 Å². The van der Waals surface area contributed by atoms with Crippen molar-refractivity contribution >= 4 is 17.8 Å². The normalized spacial score (nSPS) is 17.5.